The predicted octanol–water partition coefficient (Wildman–Crippen LogP) is 3.49. The van der Waals surface area contributed by atoms with Crippen molar-refractivity contribution in [2.24, 2.45) is 11.8 Å². The number of hydrogen-bond donors (Lipinski definition) is 1. The van der Waals surface area contributed by atoms with E-state index in [1.807, 2.05) is 18.2 Å². The van der Waals surface area contributed by atoms with E-state index in [0.29, 0.717) is 17.9 Å². The molecule has 1 aromatic carbocycles. The van der Waals surface area contributed by atoms with Crippen molar-refractivity contribution in [2.75, 3.05) is 6.54 Å². The fraction of sp³-hybridized carbons (Fsp3) is 0.588. The van der Waals surface area contributed by atoms with Crippen LogP contribution in [0.1, 0.15) is 39.2 Å². The van der Waals surface area contributed by atoms with Gasteiger partial charge in [-0.3, -0.25) is 0 Å². The normalized spacial score (nSPS) is 27.6. The van der Waals surface area contributed by atoms with Crippen molar-refractivity contribution in [2.45, 2.75) is 45.1 Å². The molecule has 1 N–H and O–H groups in total. The Morgan fingerprint density at radius 3 is 2.42 bits per heavy atom. The van der Waals surface area contributed by atoms with Crippen LogP contribution in [-0.2, 0) is 5.41 Å². The van der Waals surface area contributed by atoms with Gasteiger partial charge in [0.05, 0.1) is 11.5 Å². The highest BCUT2D eigenvalue weighted by atomic mass is 14.9. The Bertz CT molecular complexity index is 438. The molecular weight excluding hydrogens is 232 g/mol. The Kier molecular flexibility index (Phi) is 4.27. The van der Waals surface area contributed by atoms with Gasteiger partial charge in [-0.25, -0.2) is 0 Å². The van der Waals surface area contributed by atoms with Crippen LogP contribution in [0, 0.1) is 23.2 Å². The quantitative estimate of drug-likeness (QED) is 0.875. The molecule has 102 valence electrons. The summed E-state index contributed by atoms with van der Waals surface area (Å²) < 4.78 is 0. The zero-order valence-electron chi connectivity index (χ0n) is 12.2. The first-order valence-electron chi connectivity index (χ1n) is 7.27. The van der Waals surface area contributed by atoms with Crippen molar-refractivity contribution in [3.8, 4) is 6.07 Å². The average Bonchev–Trinajstić information content (AvgIpc) is 2.38. The fourth-order valence-corrected chi connectivity index (χ4v) is 2.66. The summed E-state index contributed by atoms with van der Waals surface area (Å²) >= 11 is 0. The number of nitriles is 1. The van der Waals surface area contributed by atoms with Crippen LogP contribution in [0.15, 0.2) is 30.3 Å². The third-order valence-electron chi connectivity index (χ3n) is 4.60. The van der Waals surface area contributed by atoms with Crippen LogP contribution >= 0.6 is 0 Å². The van der Waals surface area contributed by atoms with Gasteiger partial charge in [-0.05, 0) is 36.8 Å². The van der Waals surface area contributed by atoms with E-state index in [1.54, 1.807) is 0 Å². The third-order valence-corrected chi connectivity index (χ3v) is 4.60. The average molecular weight is 256 g/mol. The van der Waals surface area contributed by atoms with Crippen molar-refractivity contribution in [3.05, 3.63) is 35.9 Å². The minimum absolute atomic E-state index is 0.250. The Hall–Kier alpha value is -1.33. The van der Waals surface area contributed by atoms with Crippen molar-refractivity contribution in [1.29, 1.82) is 5.26 Å². The molecule has 0 heterocycles. The SMILES string of the molecule is CC(C)C(C)CNC1CC(C#N)(c2ccccc2)C1. The molecule has 1 fully saturated rings. The van der Waals surface area contributed by atoms with Crippen molar-refractivity contribution >= 4 is 0 Å². The van der Waals surface area contributed by atoms with Gasteiger partial charge < -0.3 is 5.32 Å². The fourth-order valence-electron chi connectivity index (χ4n) is 2.66. The van der Waals surface area contributed by atoms with Gasteiger partial charge in [0, 0.05) is 6.04 Å². The summed E-state index contributed by atoms with van der Waals surface area (Å²) in [7, 11) is 0. The van der Waals surface area contributed by atoms with Gasteiger partial charge >= 0.3 is 0 Å². The van der Waals surface area contributed by atoms with Gasteiger partial charge in [0.2, 0.25) is 0 Å². The molecule has 1 aliphatic carbocycles. The lowest BCUT2D eigenvalue weighted by molar-refractivity contribution is 0.213. The van der Waals surface area contributed by atoms with Crippen LogP contribution in [0.4, 0.5) is 0 Å². The summed E-state index contributed by atoms with van der Waals surface area (Å²) in [4.78, 5) is 0. The molecule has 0 spiro atoms. The van der Waals surface area contributed by atoms with E-state index in [0.717, 1.165) is 19.4 Å². The summed E-state index contributed by atoms with van der Waals surface area (Å²) in [6, 6.07) is 13.2. The lowest BCUT2D eigenvalue weighted by Gasteiger charge is -2.44. The second kappa shape index (κ2) is 5.75. The second-order valence-corrected chi connectivity index (χ2v) is 6.29. The van der Waals surface area contributed by atoms with Crippen molar-refractivity contribution < 1.29 is 0 Å². The highest BCUT2D eigenvalue weighted by Gasteiger charge is 2.45. The standard InChI is InChI=1S/C17H24N2/c1-13(2)14(3)11-19-16-9-17(10-16,12-18)15-7-5-4-6-8-15/h4-8,13-14,16,19H,9-11H2,1-3H3. The zero-order chi connectivity index (χ0) is 13.9. The van der Waals surface area contributed by atoms with Crippen LogP contribution in [-0.4, -0.2) is 12.6 Å². The van der Waals surface area contributed by atoms with Gasteiger partial charge in [0.1, 0.15) is 0 Å². The maximum atomic E-state index is 9.50. The Balaban J connectivity index is 1.89. The van der Waals surface area contributed by atoms with Crippen LogP contribution in [0.5, 0.6) is 0 Å². The van der Waals surface area contributed by atoms with Gasteiger partial charge in [-0.15, -0.1) is 0 Å². The molecule has 2 nitrogen and oxygen atoms in total. The molecule has 1 aliphatic rings. The molecule has 1 unspecified atom stereocenters. The van der Waals surface area contributed by atoms with Crippen molar-refractivity contribution in [1.82, 2.24) is 5.32 Å². The van der Waals surface area contributed by atoms with Gasteiger partial charge in [0.15, 0.2) is 0 Å². The maximum absolute atomic E-state index is 9.50. The van der Waals surface area contributed by atoms with E-state index in [4.69, 9.17) is 0 Å². The topological polar surface area (TPSA) is 35.8 Å². The first-order chi connectivity index (χ1) is 9.07. The molecule has 0 saturated heterocycles. The second-order valence-electron chi connectivity index (χ2n) is 6.29. The first-order valence-corrected chi connectivity index (χ1v) is 7.27. The number of nitrogens with zero attached hydrogens (tertiary/aromatic N) is 1. The molecule has 0 amide bonds. The van der Waals surface area contributed by atoms with Crippen LogP contribution in [0.2, 0.25) is 0 Å². The largest absolute Gasteiger partial charge is 0.314 e. The van der Waals surface area contributed by atoms with Crippen molar-refractivity contribution in [3.63, 3.8) is 0 Å². The number of benzene rings is 1. The molecule has 0 aliphatic heterocycles. The predicted molar refractivity (Wildman–Crippen MR) is 78.8 cm³/mol. The van der Waals surface area contributed by atoms with Gasteiger partial charge in [0.25, 0.3) is 0 Å². The zero-order valence-corrected chi connectivity index (χ0v) is 12.2. The summed E-state index contributed by atoms with van der Waals surface area (Å²) in [5.41, 5.74) is 0.924. The molecule has 1 saturated carbocycles. The van der Waals surface area contributed by atoms with E-state index >= 15 is 0 Å². The van der Waals surface area contributed by atoms with Gasteiger partial charge in [-0.2, -0.15) is 5.26 Å². The lowest BCUT2D eigenvalue weighted by Crippen LogP contribution is -2.51. The van der Waals surface area contributed by atoms with Crippen LogP contribution in [0.3, 0.4) is 0 Å². The number of hydrogen-bond acceptors (Lipinski definition) is 2. The number of nitrogens with one attached hydrogen (secondary N) is 1. The summed E-state index contributed by atoms with van der Waals surface area (Å²) in [5.74, 6) is 1.40. The summed E-state index contributed by atoms with van der Waals surface area (Å²) in [6.45, 7) is 7.86. The summed E-state index contributed by atoms with van der Waals surface area (Å²) in [5, 5.41) is 13.1. The van der Waals surface area contributed by atoms with Crippen LogP contribution in [0.25, 0.3) is 0 Å². The van der Waals surface area contributed by atoms with E-state index in [2.05, 4.69) is 44.3 Å². The summed E-state index contributed by atoms with van der Waals surface area (Å²) in [6.07, 6.45) is 1.89. The molecular formula is C17H24N2. The van der Waals surface area contributed by atoms with Crippen LogP contribution < -0.4 is 5.32 Å². The Morgan fingerprint density at radius 1 is 1.26 bits per heavy atom. The molecule has 19 heavy (non-hydrogen) atoms. The highest BCUT2D eigenvalue weighted by molar-refractivity contribution is 5.36. The molecule has 0 aromatic heterocycles. The minimum atomic E-state index is -0.250. The Morgan fingerprint density at radius 2 is 1.89 bits per heavy atom. The maximum Gasteiger partial charge on any atom is 0.0852 e. The first kappa shape index (κ1) is 14.1. The molecule has 1 atom stereocenters. The molecule has 2 heteroatoms. The van der Waals surface area contributed by atoms with E-state index in [9.17, 15) is 5.26 Å². The molecule has 0 bridgehead atoms. The van der Waals surface area contributed by atoms with E-state index in [1.165, 1.54) is 5.56 Å². The smallest absolute Gasteiger partial charge is 0.0852 e. The van der Waals surface area contributed by atoms with E-state index < -0.39 is 0 Å². The van der Waals surface area contributed by atoms with E-state index in [-0.39, 0.29) is 5.41 Å². The molecule has 1 aromatic rings. The molecule has 0 radical (unpaired) electrons. The lowest BCUT2D eigenvalue weighted by atomic mass is 9.62. The third kappa shape index (κ3) is 2.98. The Labute approximate surface area is 116 Å². The monoisotopic (exact) mass is 256 g/mol. The minimum Gasteiger partial charge on any atom is -0.314 e. The number of rotatable bonds is 5. The molecule has 2 rings (SSSR count). The van der Waals surface area contributed by atoms with Gasteiger partial charge in [-0.1, -0.05) is 51.1 Å². The highest BCUT2D eigenvalue weighted by Crippen LogP contribution is 2.43.